The van der Waals surface area contributed by atoms with Crippen molar-refractivity contribution in [2.45, 2.75) is 49.4 Å². The lowest BCUT2D eigenvalue weighted by molar-refractivity contribution is 0.654. The number of hydrogen-bond donors (Lipinski definition) is 0. The highest BCUT2D eigenvalue weighted by atomic mass is 16.3. The maximum absolute atomic E-state index is 7.67. The topological polar surface area (TPSA) is 13.1 Å². The van der Waals surface area contributed by atoms with Gasteiger partial charge in [-0.3, -0.25) is 0 Å². The highest BCUT2D eigenvalue weighted by Gasteiger charge is 2.51. The minimum Gasteiger partial charge on any atom is -0.455 e. The molecule has 4 aliphatic rings. The van der Waals surface area contributed by atoms with Gasteiger partial charge in [0.25, 0.3) is 0 Å². The molecule has 1 aromatic heterocycles. The minimum atomic E-state index is -0.420. The Bertz CT molecular complexity index is 5430. The number of benzene rings is 14. The average molecular weight is 1130 g/mol. The van der Waals surface area contributed by atoms with Crippen molar-refractivity contribution in [3.63, 3.8) is 0 Å². The zero-order valence-electron chi connectivity index (χ0n) is 49.7. The van der Waals surface area contributed by atoms with Crippen LogP contribution in [0.2, 0.25) is 0 Å². The van der Waals surface area contributed by atoms with Gasteiger partial charge in [-0.05, 0) is 175 Å². The van der Waals surface area contributed by atoms with Crippen molar-refractivity contribution < 1.29 is 4.42 Å². The molecule has 0 saturated carbocycles. The molecule has 89 heavy (non-hydrogen) atoms. The van der Waals surface area contributed by atoms with Crippen LogP contribution in [-0.4, -0.2) is 0 Å². The van der Waals surface area contributed by atoms with E-state index in [4.69, 9.17) is 4.42 Å². The number of furan rings is 1. The first-order chi connectivity index (χ1) is 43.9. The Morgan fingerprint density at radius 3 is 1.60 bits per heavy atom. The molecule has 2 unspecified atom stereocenters. The van der Waals surface area contributed by atoms with E-state index >= 15 is 0 Å². The normalized spacial score (nSPS) is 15.2. The Kier molecular flexibility index (Phi) is 10.8. The summed E-state index contributed by atoms with van der Waals surface area (Å²) in [5, 5.41) is 7.03. The summed E-state index contributed by atoms with van der Waals surface area (Å²) in [4.78, 5) is 0. The molecule has 0 saturated heterocycles. The largest absolute Gasteiger partial charge is 0.455 e. The fourth-order valence-electron chi connectivity index (χ4n) is 17.3. The molecule has 0 amide bonds. The summed E-state index contributed by atoms with van der Waals surface area (Å²) in [7, 11) is 0. The summed E-state index contributed by atoms with van der Waals surface area (Å²) in [6, 6.07) is 111. The van der Waals surface area contributed by atoms with E-state index in [9.17, 15) is 0 Å². The summed E-state index contributed by atoms with van der Waals surface area (Å²) >= 11 is 0. The molecule has 1 heterocycles. The molecule has 2 atom stereocenters. The summed E-state index contributed by atoms with van der Waals surface area (Å²) in [6.45, 7) is 4.80. The lowest BCUT2D eigenvalue weighted by atomic mass is 9.70. The number of fused-ring (bicyclic) bond motifs is 22. The van der Waals surface area contributed by atoms with Crippen molar-refractivity contribution in [3.05, 3.63) is 358 Å². The lowest BCUT2D eigenvalue weighted by Crippen LogP contribution is -2.25. The molecule has 0 aliphatic heterocycles. The van der Waals surface area contributed by atoms with Gasteiger partial charge in [0.1, 0.15) is 11.2 Å². The van der Waals surface area contributed by atoms with Crippen LogP contribution in [0.5, 0.6) is 0 Å². The molecular formula is C88H60O. The predicted octanol–water partition coefficient (Wildman–Crippen LogP) is 22.8. The minimum absolute atomic E-state index is 0.0317. The summed E-state index contributed by atoms with van der Waals surface area (Å²) in [6.07, 6.45) is 1.89. The second-order valence-electron chi connectivity index (χ2n) is 26.0. The van der Waals surface area contributed by atoms with Gasteiger partial charge in [0.2, 0.25) is 0 Å². The molecule has 1 heteroatoms. The van der Waals surface area contributed by atoms with Crippen molar-refractivity contribution in [1.29, 1.82) is 0 Å². The molecule has 0 bridgehead atoms. The average Bonchev–Trinajstić information content (AvgIpc) is 1.52. The van der Waals surface area contributed by atoms with Crippen molar-refractivity contribution in [2.24, 2.45) is 0 Å². The zero-order chi connectivity index (χ0) is 58.7. The Morgan fingerprint density at radius 1 is 0.337 bits per heavy atom. The summed E-state index contributed by atoms with van der Waals surface area (Å²) < 4.78 is 7.67. The molecule has 14 aromatic carbocycles. The van der Waals surface area contributed by atoms with Crippen LogP contribution in [0.4, 0.5) is 0 Å². The Balaban J connectivity index is 0.767. The van der Waals surface area contributed by atoms with Crippen molar-refractivity contribution in [1.82, 2.24) is 0 Å². The molecule has 0 fully saturated rings. The van der Waals surface area contributed by atoms with Gasteiger partial charge in [-0.1, -0.05) is 287 Å². The fraction of sp³-hybridized carbons (Fsp3) is 0.0909. The van der Waals surface area contributed by atoms with Crippen LogP contribution >= 0.6 is 0 Å². The maximum Gasteiger partial charge on any atom is 0.143 e. The SMILES string of the molecule is CC1(C)c2ccccc2-c2ccc(C(CCc3ccc4c(c3)C(c3cc5ccccc5c5oc6c(-c7ccc8c(c7)-c7ccccc7C87c8ccccc8-c8ccccc87)c7ccccc7cc6c35)c3ccccc3-4)c3ccc(-c4ccccc4)cc3)cc21. The van der Waals surface area contributed by atoms with Crippen LogP contribution in [0.15, 0.2) is 296 Å². The highest BCUT2D eigenvalue weighted by molar-refractivity contribution is 6.24. The van der Waals surface area contributed by atoms with Gasteiger partial charge in [0.15, 0.2) is 0 Å². The van der Waals surface area contributed by atoms with E-state index in [1.807, 2.05) is 0 Å². The molecule has 0 radical (unpaired) electrons. The second-order valence-corrected chi connectivity index (χ2v) is 26.0. The fourth-order valence-corrected chi connectivity index (χ4v) is 17.3. The van der Waals surface area contributed by atoms with Gasteiger partial charge in [-0.2, -0.15) is 0 Å². The molecule has 0 N–H and O–H groups in total. The van der Waals surface area contributed by atoms with Crippen molar-refractivity contribution >= 4 is 43.5 Å². The van der Waals surface area contributed by atoms with Crippen LogP contribution < -0.4 is 0 Å². The van der Waals surface area contributed by atoms with E-state index in [0.717, 1.165) is 45.9 Å². The smallest absolute Gasteiger partial charge is 0.143 e. The van der Waals surface area contributed by atoms with Crippen LogP contribution in [0.3, 0.4) is 0 Å². The Hall–Kier alpha value is -10.6. The molecule has 19 rings (SSSR count). The molecule has 15 aromatic rings. The van der Waals surface area contributed by atoms with E-state index in [1.165, 1.54) is 144 Å². The molecular weight excluding hydrogens is 1070 g/mol. The highest BCUT2D eigenvalue weighted by Crippen LogP contribution is 2.64. The van der Waals surface area contributed by atoms with Crippen LogP contribution in [-0.2, 0) is 17.3 Å². The number of rotatable bonds is 8. The number of hydrogen-bond acceptors (Lipinski definition) is 1. The van der Waals surface area contributed by atoms with E-state index < -0.39 is 5.41 Å². The quantitative estimate of drug-likeness (QED) is 0.148. The van der Waals surface area contributed by atoms with Gasteiger partial charge in [0, 0.05) is 39.0 Å². The molecule has 418 valence electrons. The van der Waals surface area contributed by atoms with Crippen LogP contribution in [0.1, 0.15) is 98.9 Å². The van der Waals surface area contributed by atoms with E-state index in [0.29, 0.717) is 0 Å². The molecule has 1 spiro atoms. The monoisotopic (exact) mass is 1130 g/mol. The van der Waals surface area contributed by atoms with E-state index in [1.54, 1.807) is 0 Å². The number of aryl methyl sites for hydroxylation is 1. The second kappa shape index (κ2) is 19.0. The lowest BCUT2D eigenvalue weighted by Gasteiger charge is -2.30. The van der Waals surface area contributed by atoms with Crippen molar-refractivity contribution in [2.75, 3.05) is 0 Å². The summed E-state index contributed by atoms with van der Waals surface area (Å²) in [5.74, 6) is 0.153. The first-order valence-corrected chi connectivity index (χ1v) is 31.8. The van der Waals surface area contributed by atoms with Crippen LogP contribution in [0.25, 0.3) is 110 Å². The van der Waals surface area contributed by atoms with Crippen LogP contribution in [0, 0.1) is 0 Å². The third kappa shape index (κ3) is 7.13. The van der Waals surface area contributed by atoms with Gasteiger partial charge >= 0.3 is 0 Å². The standard InChI is InChI=1S/C88H60O/c1-87(2)76-32-16-12-27-66(76)70-46-42-59(52-81(70)87)61(56-40-38-55(39-41-56)54-20-4-3-5-21-54)44-36-53-37-45-65-64-26-10-11-31-71(64)83(73(65)48-53)74-49-58-23-7-9-25-63(58)85-84(74)75-50-57-22-6-8-24-62(57)82(86(75)89-85)60-43-47-80-72(51-60)69-30-15-19-35-79(69)88(80)77-33-17-13-28-67(77)68-29-14-18-34-78(68)88/h3-35,37-43,45-52,61,83H,36,44H2,1-2H3. The Labute approximate surface area is 518 Å². The third-order valence-corrected chi connectivity index (χ3v) is 21.2. The molecule has 4 aliphatic carbocycles. The van der Waals surface area contributed by atoms with Gasteiger partial charge < -0.3 is 4.42 Å². The third-order valence-electron chi connectivity index (χ3n) is 21.2. The zero-order valence-corrected chi connectivity index (χ0v) is 49.7. The van der Waals surface area contributed by atoms with Crippen molar-refractivity contribution in [3.8, 4) is 66.8 Å². The van der Waals surface area contributed by atoms with Gasteiger partial charge in [0.05, 0.1) is 5.41 Å². The Morgan fingerprint density at radius 2 is 0.865 bits per heavy atom. The summed E-state index contributed by atoms with van der Waals surface area (Å²) in [5.41, 5.74) is 32.9. The maximum atomic E-state index is 7.67. The predicted molar refractivity (Wildman–Crippen MR) is 369 cm³/mol. The first-order valence-electron chi connectivity index (χ1n) is 31.8. The first kappa shape index (κ1) is 50.5. The molecule has 1 nitrogen and oxygen atoms in total. The van der Waals surface area contributed by atoms with Gasteiger partial charge in [-0.15, -0.1) is 0 Å². The van der Waals surface area contributed by atoms with Gasteiger partial charge in [-0.25, -0.2) is 0 Å². The van der Waals surface area contributed by atoms with E-state index in [-0.39, 0.29) is 17.3 Å². The van der Waals surface area contributed by atoms with E-state index in [2.05, 4.69) is 305 Å².